The summed E-state index contributed by atoms with van der Waals surface area (Å²) >= 11 is 0. The number of anilines is 2. The SMILES string of the molecule is Cc1cc(-c2ccn3nc(Nc4cc(C)nc(C)n4)cc3c2)c(OC[C@@]2(O)CCCOC2)cn1. The Morgan fingerprint density at radius 1 is 1.12 bits per heavy atom. The zero-order chi connectivity index (χ0) is 23.7. The van der Waals surface area contributed by atoms with E-state index >= 15 is 0 Å². The molecule has 5 heterocycles. The smallest absolute Gasteiger partial charge is 0.154 e. The maximum absolute atomic E-state index is 10.8. The molecular formula is C25H28N6O3. The Labute approximate surface area is 197 Å². The average Bonchev–Trinajstić information content (AvgIpc) is 3.19. The Balaban J connectivity index is 1.42. The van der Waals surface area contributed by atoms with Crippen LogP contribution in [-0.2, 0) is 4.74 Å². The lowest BCUT2D eigenvalue weighted by Crippen LogP contribution is -2.44. The van der Waals surface area contributed by atoms with Gasteiger partial charge in [0.25, 0.3) is 0 Å². The van der Waals surface area contributed by atoms with E-state index in [-0.39, 0.29) is 13.2 Å². The molecule has 1 fully saturated rings. The maximum atomic E-state index is 10.8. The van der Waals surface area contributed by atoms with Gasteiger partial charge < -0.3 is 19.9 Å². The Morgan fingerprint density at radius 3 is 2.79 bits per heavy atom. The van der Waals surface area contributed by atoms with Gasteiger partial charge in [-0.15, -0.1) is 0 Å². The summed E-state index contributed by atoms with van der Waals surface area (Å²) < 4.78 is 13.3. The molecule has 34 heavy (non-hydrogen) atoms. The van der Waals surface area contributed by atoms with E-state index in [0.29, 0.717) is 36.2 Å². The molecule has 1 atom stereocenters. The van der Waals surface area contributed by atoms with Crippen LogP contribution in [0.4, 0.5) is 11.6 Å². The van der Waals surface area contributed by atoms with Crippen molar-refractivity contribution in [3.8, 4) is 16.9 Å². The van der Waals surface area contributed by atoms with E-state index in [4.69, 9.17) is 9.47 Å². The summed E-state index contributed by atoms with van der Waals surface area (Å²) in [4.78, 5) is 13.1. The molecule has 0 aromatic carbocycles. The van der Waals surface area contributed by atoms with Crippen LogP contribution in [-0.4, -0.2) is 55.1 Å². The molecule has 9 heteroatoms. The first-order valence-corrected chi connectivity index (χ1v) is 11.4. The molecule has 5 rings (SSSR count). The molecule has 0 bridgehead atoms. The number of rotatable bonds is 6. The van der Waals surface area contributed by atoms with E-state index in [1.807, 2.05) is 55.7 Å². The van der Waals surface area contributed by atoms with Crippen LogP contribution in [0.3, 0.4) is 0 Å². The van der Waals surface area contributed by atoms with Gasteiger partial charge in [0, 0.05) is 41.9 Å². The molecule has 2 N–H and O–H groups in total. The number of nitrogens with zero attached hydrogens (tertiary/aromatic N) is 5. The van der Waals surface area contributed by atoms with Crippen molar-refractivity contribution in [1.82, 2.24) is 24.6 Å². The first-order valence-electron chi connectivity index (χ1n) is 11.4. The first-order chi connectivity index (χ1) is 16.4. The van der Waals surface area contributed by atoms with Gasteiger partial charge in [-0.05, 0) is 57.4 Å². The highest BCUT2D eigenvalue weighted by atomic mass is 16.5. The second-order valence-corrected chi connectivity index (χ2v) is 8.87. The normalized spacial score (nSPS) is 18.2. The fourth-order valence-electron chi connectivity index (χ4n) is 4.19. The summed E-state index contributed by atoms with van der Waals surface area (Å²) in [6.07, 6.45) is 5.10. The molecule has 0 amide bonds. The molecule has 9 nitrogen and oxygen atoms in total. The molecule has 0 spiro atoms. The van der Waals surface area contributed by atoms with Crippen LogP contribution >= 0.6 is 0 Å². The molecule has 4 aromatic rings. The van der Waals surface area contributed by atoms with Crippen molar-refractivity contribution in [2.75, 3.05) is 25.1 Å². The van der Waals surface area contributed by atoms with E-state index in [0.717, 1.165) is 34.5 Å². The zero-order valence-corrected chi connectivity index (χ0v) is 19.6. The van der Waals surface area contributed by atoms with E-state index < -0.39 is 5.60 Å². The predicted octanol–water partition coefficient (Wildman–Crippen LogP) is 3.78. The zero-order valence-electron chi connectivity index (χ0n) is 19.6. The third-order valence-electron chi connectivity index (χ3n) is 5.80. The lowest BCUT2D eigenvalue weighted by molar-refractivity contribution is -0.105. The topological polar surface area (TPSA) is 107 Å². The predicted molar refractivity (Wildman–Crippen MR) is 128 cm³/mol. The van der Waals surface area contributed by atoms with Crippen LogP contribution in [0, 0.1) is 20.8 Å². The highest BCUT2D eigenvalue weighted by Gasteiger charge is 2.31. The summed E-state index contributed by atoms with van der Waals surface area (Å²) in [5.74, 6) is 2.73. The fraction of sp³-hybridized carbons (Fsp3) is 0.360. The van der Waals surface area contributed by atoms with Gasteiger partial charge in [-0.2, -0.15) is 5.10 Å². The van der Waals surface area contributed by atoms with Gasteiger partial charge in [-0.3, -0.25) is 4.98 Å². The Kier molecular flexibility index (Phi) is 5.89. The molecule has 1 aliphatic rings. The van der Waals surface area contributed by atoms with Crippen LogP contribution in [0.5, 0.6) is 5.75 Å². The fourth-order valence-corrected chi connectivity index (χ4v) is 4.19. The van der Waals surface area contributed by atoms with Crippen LogP contribution in [0.1, 0.15) is 30.1 Å². The number of aromatic nitrogens is 5. The number of aliphatic hydroxyl groups is 1. The average molecular weight is 461 g/mol. The summed E-state index contributed by atoms with van der Waals surface area (Å²) in [5, 5.41) is 18.6. The molecule has 1 aliphatic heterocycles. The standard InChI is InChI=1S/C25H28N6O3/c1-16-9-21(22(13-26-16)34-15-25(32)6-4-8-33-14-25)19-5-7-31-20(11-19)12-24(30-31)29-23-10-17(2)27-18(3)28-23/h5,7,9-13,32H,4,6,8,14-15H2,1-3H3,(H,27,28,29,30)/t25-/m1/s1. The quantitative estimate of drug-likeness (QED) is 0.448. The van der Waals surface area contributed by atoms with Crippen molar-refractivity contribution in [1.29, 1.82) is 0 Å². The molecule has 0 unspecified atom stereocenters. The van der Waals surface area contributed by atoms with Crippen LogP contribution in [0.15, 0.2) is 42.7 Å². The largest absolute Gasteiger partial charge is 0.488 e. The lowest BCUT2D eigenvalue weighted by Gasteiger charge is -2.31. The van der Waals surface area contributed by atoms with Gasteiger partial charge in [0.1, 0.15) is 29.6 Å². The Hall–Kier alpha value is -3.56. The molecule has 176 valence electrons. The van der Waals surface area contributed by atoms with Gasteiger partial charge in [0.15, 0.2) is 5.82 Å². The van der Waals surface area contributed by atoms with Gasteiger partial charge in [-0.1, -0.05) is 0 Å². The van der Waals surface area contributed by atoms with Gasteiger partial charge >= 0.3 is 0 Å². The minimum absolute atomic E-state index is 0.158. The molecular weight excluding hydrogens is 432 g/mol. The van der Waals surface area contributed by atoms with Gasteiger partial charge in [0.2, 0.25) is 0 Å². The van der Waals surface area contributed by atoms with E-state index in [2.05, 4.69) is 31.4 Å². The second-order valence-electron chi connectivity index (χ2n) is 8.87. The van der Waals surface area contributed by atoms with Crippen molar-refractivity contribution in [2.45, 2.75) is 39.2 Å². The van der Waals surface area contributed by atoms with Crippen molar-refractivity contribution in [3.05, 3.63) is 59.9 Å². The van der Waals surface area contributed by atoms with Crippen LogP contribution in [0.25, 0.3) is 16.6 Å². The number of hydrogen-bond acceptors (Lipinski definition) is 8. The summed E-state index contributed by atoms with van der Waals surface area (Å²) in [6, 6.07) is 9.88. The maximum Gasteiger partial charge on any atom is 0.154 e. The van der Waals surface area contributed by atoms with Crippen LogP contribution in [0.2, 0.25) is 0 Å². The van der Waals surface area contributed by atoms with E-state index in [1.165, 1.54) is 0 Å². The van der Waals surface area contributed by atoms with E-state index in [1.54, 1.807) is 6.20 Å². The van der Waals surface area contributed by atoms with Crippen molar-refractivity contribution < 1.29 is 14.6 Å². The highest BCUT2D eigenvalue weighted by Crippen LogP contribution is 2.32. The van der Waals surface area contributed by atoms with Gasteiger partial charge in [-0.25, -0.2) is 14.5 Å². The number of aryl methyl sites for hydroxylation is 3. The minimum atomic E-state index is -0.978. The Morgan fingerprint density at radius 2 is 2.00 bits per heavy atom. The van der Waals surface area contributed by atoms with E-state index in [9.17, 15) is 5.11 Å². The molecule has 0 saturated carbocycles. The van der Waals surface area contributed by atoms with Crippen molar-refractivity contribution >= 4 is 17.2 Å². The molecule has 0 radical (unpaired) electrons. The summed E-state index contributed by atoms with van der Waals surface area (Å²) in [6.45, 7) is 6.87. The van der Waals surface area contributed by atoms with Gasteiger partial charge in [0.05, 0.1) is 18.3 Å². The highest BCUT2D eigenvalue weighted by molar-refractivity contribution is 5.75. The summed E-state index contributed by atoms with van der Waals surface area (Å²) in [7, 11) is 0. The number of hydrogen-bond donors (Lipinski definition) is 2. The number of fused-ring (bicyclic) bond motifs is 1. The lowest BCUT2D eigenvalue weighted by atomic mass is 9.98. The molecule has 4 aromatic heterocycles. The first kappa shape index (κ1) is 22.2. The molecule has 1 saturated heterocycles. The second kappa shape index (κ2) is 9.00. The number of nitrogens with one attached hydrogen (secondary N) is 1. The molecule has 0 aliphatic carbocycles. The number of ether oxygens (including phenoxy) is 2. The third-order valence-corrected chi connectivity index (χ3v) is 5.80. The third kappa shape index (κ3) is 4.85. The number of pyridine rings is 2. The van der Waals surface area contributed by atoms with Crippen LogP contribution < -0.4 is 10.1 Å². The van der Waals surface area contributed by atoms with Crippen molar-refractivity contribution in [2.24, 2.45) is 0 Å². The summed E-state index contributed by atoms with van der Waals surface area (Å²) in [5.41, 5.74) is 3.60. The Bertz CT molecular complexity index is 1310. The van der Waals surface area contributed by atoms with Crippen molar-refractivity contribution in [3.63, 3.8) is 0 Å². The monoisotopic (exact) mass is 460 g/mol. The minimum Gasteiger partial charge on any atom is -0.488 e.